The maximum atomic E-state index is 2.77. The lowest BCUT2D eigenvalue weighted by molar-refractivity contribution is -0.220. The number of hydrogen-bond acceptors (Lipinski definition) is 0. The maximum absolute atomic E-state index is 2.77. The van der Waals surface area contributed by atoms with Crippen LogP contribution in [0.5, 0.6) is 0 Å². The van der Waals surface area contributed by atoms with Gasteiger partial charge in [0.2, 0.25) is 0 Å². The first-order valence-electron chi connectivity index (χ1n) is 16.3. The first-order chi connectivity index (χ1) is 16.6. The third kappa shape index (κ3) is 4.12. The van der Waals surface area contributed by atoms with E-state index in [0.717, 1.165) is 53.3 Å². The van der Waals surface area contributed by atoms with Gasteiger partial charge in [-0.05, 0) is 120 Å². The fourth-order valence-electron chi connectivity index (χ4n) is 12.7. The molecular formula is C36H64. The van der Waals surface area contributed by atoms with Gasteiger partial charge in [-0.3, -0.25) is 0 Å². The van der Waals surface area contributed by atoms with Gasteiger partial charge in [0.25, 0.3) is 0 Å². The molecule has 3 saturated carbocycles. The summed E-state index contributed by atoms with van der Waals surface area (Å²) in [5, 5.41) is 0. The Morgan fingerprint density at radius 2 is 1.56 bits per heavy atom. The first-order valence-corrected chi connectivity index (χ1v) is 16.3. The standard InChI is InChI=1S/C36H64/c1-14-28-17-29(16-15-21(2)3)24(7)32-25(8)33-27(10)36(13)26(9)31(22(4)5)23(6)18-35(36,12)20-34(33,11)19-30(28)32/h21-22,24-30,32-33H,14-20H2,1-13H3. The van der Waals surface area contributed by atoms with Crippen LogP contribution in [-0.4, -0.2) is 0 Å². The van der Waals surface area contributed by atoms with Gasteiger partial charge in [-0.25, -0.2) is 0 Å². The molecule has 0 saturated heterocycles. The molecule has 4 rings (SSSR count). The summed E-state index contributed by atoms with van der Waals surface area (Å²) in [5.41, 5.74) is 4.86. The van der Waals surface area contributed by atoms with Crippen LogP contribution in [0.2, 0.25) is 0 Å². The summed E-state index contributed by atoms with van der Waals surface area (Å²) >= 11 is 0. The van der Waals surface area contributed by atoms with E-state index in [4.69, 9.17) is 0 Å². The van der Waals surface area contributed by atoms with E-state index in [-0.39, 0.29) is 0 Å². The molecule has 12 atom stereocenters. The molecule has 0 amide bonds. The molecule has 12 unspecified atom stereocenters. The van der Waals surface area contributed by atoms with Crippen LogP contribution >= 0.6 is 0 Å². The average Bonchev–Trinajstić information content (AvgIpc) is 2.75. The van der Waals surface area contributed by atoms with E-state index >= 15 is 0 Å². The highest BCUT2D eigenvalue weighted by atomic mass is 14.7. The Balaban J connectivity index is 1.74. The third-order valence-corrected chi connectivity index (χ3v) is 14.1. The molecule has 4 aliphatic carbocycles. The van der Waals surface area contributed by atoms with Crippen molar-refractivity contribution in [3.63, 3.8) is 0 Å². The van der Waals surface area contributed by atoms with Crippen molar-refractivity contribution in [2.75, 3.05) is 0 Å². The molecule has 0 nitrogen and oxygen atoms in total. The van der Waals surface area contributed by atoms with Crippen LogP contribution in [-0.2, 0) is 0 Å². The van der Waals surface area contributed by atoms with Crippen LogP contribution in [0.25, 0.3) is 0 Å². The molecule has 0 heteroatoms. The molecule has 0 bridgehead atoms. The molecule has 0 aromatic rings. The molecule has 0 aromatic heterocycles. The van der Waals surface area contributed by atoms with Crippen molar-refractivity contribution in [2.45, 2.75) is 135 Å². The van der Waals surface area contributed by atoms with E-state index in [9.17, 15) is 0 Å². The summed E-state index contributed by atoms with van der Waals surface area (Å²) in [5.74, 6) is 9.46. The van der Waals surface area contributed by atoms with Crippen molar-refractivity contribution in [3.05, 3.63) is 11.1 Å². The lowest BCUT2D eigenvalue weighted by Gasteiger charge is -2.72. The molecule has 0 spiro atoms. The van der Waals surface area contributed by atoms with E-state index in [2.05, 4.69) is 90.0 Å². The Morgan fingerprint density at radius 1 is 0.917 bits per heavy atom. The Kier molecular flexibility index (Phi) is 7.77. The van der Waals surface area contributed by atoms with Crippen LogP contribution in [0.1, 0.15) is 135 Å². The lowest BCUT2D eigenvalue weighted by atomic mass is 9.33. The lowest BCUT2D eigenvalue weighted by Crippen LogP contribution is -2.65. The molecule has 208 valence electrons. The second-order valence-corrected chi connectivity index (χ2v) is 16.6. The summed E-state index contributed by atoms with van der Waals surface area (Å²) in [6, 6.07) is 0. The van der Waals surface area contributed by atoms with E-state index in [1.54, 1.807) is 11.1 Å². The highest BCUT2D eigenvalue weighted by molar-refractivity contribution is 5.30. The molecule has 0 aliphatic heterocycles. The predicted molar refractivity (Wildman–Crippen MR) is 159 cm³/mol. The number of hydrogen-bond donors (Lipinski definition) is 0. The molecule has 3 fully saturated rings. The summed E-state index contributed by atoms with van der Waals surface area (Å²) in [6.07, 6.45) is 10.1. The van der Waals surface area contributed by atoms with Crippen LogP contribution < -0.4 is 0 Å². The second-order valence-electron chi connectivity index (χ2n) is 16.6. The van der Waals surface area contributed by atoms with Gasteiger partial charge in [0.1, 0.15) is 0 Å². The van der Waals surface area contributed by atoms with Crippen molar-refractivity contribution < 1.29 is 0 Å². The molecule has 0 heterocycles. The summed E-state index contributed by atoms with van der Waals surface area (Å²) < 4.78 is 0. The normalized spacial score (nSPS) is 51.2. The van der Waals surface area contributed by atoms with E-state index in [1.807, 2.05) is 0 Å². The number of rotatable bonds is 5. The minimum atomic E-state index is 0.399. The van der Waals surface area contributed by atoms with Gasteiger partial charge >= 0.3 is 0 Å². The Labute approximate surface area is 227 Å². The zero-order chi connectivity index (χ0) is 27.0. The van der Waals surface area contributed by atoms with Gasteiger partial charge in [0.15, 0.2) is 0 Å². The minimum absolute atomic E-state index is 0.399. The van der Waals surface area contributed by atoms with E-state index in [0.29, 0.717) is 28.1 Å². The van der Waals surface area contributed by atoms with Crippen molar-refractivity contribution in [2.24, 2.45) is 81.3 Å². The predicted octanol–water partition coefficient (Wildman–Crippen LogP) is 11.1. The van der Waals surface area contributed by atoms with Crippen LogP contribution in [0.15, 0.2) is 11.1 Å². The minimum Gasteiger partial charge on any atom is -0.0730 e. The summed E-state index contributed by atoms with van der Waals surface area (Å²) in [4.78, 5) is 0. The molecular weight excluding hydrogens is 432 g/mol. The average molecular weight is 497 g/mol. The Morgan fingerprint density at radius 3 is 2.11 bits per heavy atom. The van der Waals surface area contributed by atoms with Gasteiger partial charge in [0.05, 0.1) is 0 Å². The summed E-state index contributed by atoms with van der Waals surface area (Å²) in [7, 11) is 0. The van der Waals surface area contributed by atoms with Crippen molar-refractivity contribution in [1.82, 2.24) is 0 Å². The van der Waals surface area contributed by atoms with Gasteiger partial charge in [-0.2, -0.15) is 0 Å². The monoisotopic (exact) mass is 497 g/mol. The third-order valence-electron chi connectivity index (χ3n) is 14.1. The van der Waals surface area contributed by atoms with Crippen molar-refractivity contribution >= 4 is 0 Å². The quantitative estimate of drug-likeness (QED) is 0.332. The zero-order valence-corrected chi connectivity index (χ0v) is 26.8. The SMILES string of the molecule is CCC1CC(CCC(C)C)C(C)C2C(C)C3C(C)C4(C)C(C)C(C(C)C)=C(C)CC4(C)CC3(C)CC12. The second kappa shape index (κ2) is 9.73. The maximum Gasteiger partial charge on any atom is -0.0165 e. The topological polar surface area (TPSA) is 0 Å². The van der Waals surface area contributed by atoms with Crippen LogP contribution in [0.4, 0.5) is 0 Å². The van der Waals surface area contributed by atoms with E-state index < -0.39 is 0 Å². The smallest absolute Gasteiger partial charge is 0.0165 e. The van der Waals surface area contributed by atoms with E-state index in [1.165, 1.54) is 44.9 Å². The van der Waals surface area contributed by atoms with Crippen LogP contribution in [0.3, 0.4) is 0 Å². The zero-order valence-electron chi connectivity index (χ0n) is 26.8. The van der Waals surface area contributed by atoms with Crippen molar-refractivity contribution in [1.29, 1.82) is 0 Å². The van der Waals surface area contributed by atoms with Crippen LogP contribution in [0, 0.1) is 81.3 Å². The van der Waals surface area contributed by atoms with Gasteiger partial charge in [0, 0.05) is 0 Å². The first kappa shape index (κ1) is 28.7. The summed E-state index contributed by atoms with van der Waals surface area (Å²) in [6.45, 7) is 33.8. The van der Waals surface area contributed by atoms with Gasteiger partial charge < -0.3 is 0 Å². The molecule has 4 aliphatic rings. The fourth-order valence-corrected chi connectivity index (χ4v) is 12.7. The fraction of sp³-hybridized carbons (Fsp3) is 0.944. The van der Waals surface area contributed by atoms with Gasteiger partial charge in [-0.1, -0.05) is 107 Å². The largest absolute Gasteiger partial charge is 0.0730 e. The number of allylic oxidation sites excluding steroid dienone is 2. The van der Waals surface area contributed by atoms with Gasteiger partial charge in [-0.15, -0.1) is 0 Å². The molecule has 36 heavy (non-hydrogen) atoms. The number of fused-ring (bicyclic) bond motifs is 3. The van der Waals surface area contributed by atoms with Crippen molar-refractivity contribution in [3.8, 4) is 0 Å². The Hall–Kier alpha value is -0.260. The highest BCUT2D eigenvalue weighted by Gasteiger charge is 2.67. The highest BCUT2D eigenvalue weighted by Crippen LogP contribution is 2.74. The molecule has 0 N–H and O–H groups in total. The Bertz CT molecular complexity index is 831. The molecule has 0 radical (unpaired) electrons. The molecule has 0 aromatic carbocycles.